The lowest BCUT2D eigenvalue weighted by atomic mass is 10.1. The fourth-order valence-corrected chi connectivity index (χ4v) is 2.45. The molecule has 0 aliphatic carbocycles. The van der Waals surface area contributed by atoms with Gasteiger partial charge in [0, 0.05) is 16.7 Å². The van der Waals surface area contributed by atoms with E-state index in [-0.39, 0.29) is 23.1 Å². The third-order valence-corrected chi connectivity index (χ3v) is 3.79. The van der Waals surface area contributed by atoms with Crippen molar-refractivity contribution >= 4 is 23.3 Å². The van der Waals surface area contributed by atoms with E-state index in [0.29, 0.717) is 5.82 Å². The second-order valence-corrected chi connectivity index (χ2v) is 5.76. The molecule has 8 nitrogen and oxygen atoms in total. The van der Waals surface area contributed by atoms with Crippen molar-refractivity contribution in [2.75, 3.05) is 0 Å². The fraction of sp³-hybridized carbons (Fsp3) is 0.118. The Labute approximate surface area is 152 Å². The summed E-state index contributed by atoms with van der Waals surface area (Å²) in [6.07, 6.45) is 0. The Balaban J connectivity index is 1.73. The molecule has 0 N–H and O–H groups in total. The van der Waals surface area contributed by atoms with E-state index in [1.54, 1.807) is 0 Å². The van der Waals surface area contributed by atoms with E-state index in [1.165, 1.54) is 12.1 Å². The fourth-order valence-electron chi connectivity index (χ4n) is 2.28. The predicted molar refractivity (Wildman–Crippen MR) is 91.7 cm³/mol. The first-order valence-electron chi connectivity index (χ1n) is 7.45. The van der Waals surface area contributed by atoms with Crippen molar-refractivity contribution in [1.29, 1.82) is 0 Å². The number of nitro benzene ring substituents is 1. The Morgan fingerprint density at radius 2 is 2.08 bits per heavy atom. The van der Waals surface area contributed by atoms with E-state index in [1.807, 2.05) is 31.2 Å². The molecule has 132 valence electrons. The van der Waals surface area contributed by atoms with E-state index in [4.69, 9.17) is 20.9 Å². The van der Waals surface area contributed by atoms with Crippen molar-refractivity contribution in [3.63, 3.8) is 0 Å². The molecular weight excluding hydrogens is 362 g/mol. The molecular formula is C17H12ClN3O5. The molecule has 0 aliphatic heterocycles. The van der Waals surface area contributed by atoms with Crippen LogP contribution in [0, 0.1) is 17.0 Å². The average molecular weight is 374 g/mol. The molecule has 26 heavy (non-hydrogen) atoms. The van der Waals surface area contributed by atoms with E-state index < -0.39 is 16.6 Å². The van der Waals surface area contributed by atoms with Crippen LogP contribution < -0.4 is 0 Å². The number of rotatable bonds is 5. The van der Waals surface area contributed by atoms with E-state index >= 15 is 0 Å². The molecule has 9 heteroatoms. The topological polar surface area (TPSA) is 108 Å². The van der Waals surface area contributed by atoms with Crippen molar-refractivity contribution in [1.82, 2.24) is 10.1 Å². The second kappa shape index (κ2) is 7.32. The number of esters is 1. The molecule has 0 atom stereocenters. The van der Waals surface area contributed by atoms with Crippen molar-refractivity contribution in [3.8, 4) is 11.4 Å². The minimum Gasteiger partial charge on any atom is -0.452 e. The molecule has 1 aromatic heterocycles. The van der Waals surface area contributed by atoms with Gasteiger partial charge in [0.15, 0.2) is 6.61 Å². The molecule has 2 aromatic carbocycles. The van der Waals surface area contributed by atoms with Gasteiger partial charge in [-0.1, -0.05) is 41.0 Å². The standard InChI is InChI=1S/C17H12ClN3O5/c1-10-4-2-3-5-12(10)16-19-15(26-20-16)9-25-17(22)13-7-6-11(18)8-14(13)21(23)24/h2-8H,9H2,1H3. The summed E-state index contributed by atoms with van der Waals surface area (Å²) in [5.41, 5.74) is 1.11. The zero-order chi connectivity index (χ0) is 18.7. The Morgan fingerprint density at radius 1 is 1.31 bits per heavy atom. The van der Waals surface area contributed by atoms with Crippen molar-refractivity contribution < 1.29 is 19.0 Å². The normalized spacial score (nSPS) is 10.5. The third-order valence-electron chi connectivity index (χ3n) is 3.56. The number of carbonyl (C=O) groups is 1. The largest absolute Gasteiger partial charge is 0.452 e. The third kappa shape index (κ3) is 3.70. The van der Waals surface area contributed by atoms with Gasteiger partial charge in [-0.2, -0.15) is 4.98 Å². The van der Waals surface area contributed by atoms with Gasteiger partial charge in [0.1, 0.15) is 5.56 Å². The molecule has 0 aliphatic rings. The highest BCUT2D eigenvalue weighted by molar-refractivity contribution is 6.31. The Morgan fingerprint density at radius 3 is 2.81 bits per heavy atom. The van der Waals surface area contributed by atoms with Crippen LogP contribution in [0.1, 0.15) is 21.8 Å². The molecule has 0 radical (unpaired) electrons. The molecule has 0 saturated heterocycles. The summed E-state index contributed by atoms with van der Waals surface area (Å²) in [5.74, 6) is -0.441. The van der Waals surface area contributed by atoms with Crippen molar-refractivity contribution in [2.24, 2.45) is 0 Å². The monoisotopic (exact) mass is 373 g/mol. The highest BCUT2D eigenvalue weighted by Gasteiger charge is 2.22. The van der Waals surface area contributed by atoms with Crippen LogP contribution in [0.25, 0.3) is 11.4 Å². The minimum absolute atomic E-state index is 0.0771. The zero-order valence-electron chi connectivity index (χ0n) is 13.5. The number of hydrogen-bond acceptors (Lipinski definition) is 7. The van der Waals surface area contributed by atoms with Crippen LogP contribution in [0.4, 0.5) is 5.69 Å². The van der Waals surface area contributed by atoms with E-state index in [0.717, 1.165) is 17.2 Å². The lowest BCUT2D eigenvalue weighted by Gasteiger charge is -2.03. The number of halogens is 1. The van der Waals surface area contributed by atoms with Gasteiger partial charge >= 0.3 is 5.97 Å². The number of aromatic nitrogens is 2. The summed E-state index contributed by atoms with van der Waals surface area (Å²) in [4.78, 5) is 26.6. The lowest BCUT2D eigenvalue weighted by molar-refractivity contribution is -0.385. The number of carbonyl (C=O) groups excluding carboxylic acids is 1. The lowest BCUT2D eigenvalue weighted by Crippen LogP contribution is -2.08. The SMILES string of the molecule is Cc1ccccc1-c1noc(COC(=O)c2ccc(Cl)cc2[N+](=O)[O-])n1. The van der Waals surface area contributed by atoms with E-state index in [2.05, 4.69) is 10.1 Å². The highest BCUT2D eigenvalue weighted by Crippen LogP contribution is 2.24. The summed E-state index contributed by atoms with van der Waals surface area (Å²) in [6, 6.07) is 11.2. The van der Waals surface area contributed by atoms with Crippen molar-refractivity contribution in [2.45, 2.75) is 13.5 Å². The van der Waals surface area contributed by atoms with Crippen LogP contribution in [0.3, 0.4) is 0 Å². The predicted octanol–water partition coefficient (Wildman–Crippen LogP) is 3.96. The first-order valence-corrected chi connectivity index (χ1v) is 7.83. The maximum absolute atomic E-state index is 12.1. The van der Waals surface area contributed by atoms with Gasteiger partial charge in [-0.3, -0.25) is 10.1 Å². The number of nitro groups is 1. The zero-order valence-corrected chi connectivity index (χ0v) is 14.3. The first kappa shape index (κ1) is 17.6. The van der Waals surface area contributed by atoms with Crippen LogP contribution in [0.5, 0.6) is 0 Å². The van der Waals surface area contributed by atoms with Crippen LogP contribution in [0.15, 0.2) is 47.0 Å². The first-order chi connectivity index (χ1) is 12.5. The molecule has 0 fully saturated rings. The molecule has 0 unspecified atom stereocenters. The maximum Gasteiger partial charge on any atom is 0.345 e. The van der Waals surface area contributed by atoms with Gasteiger partial charge in [-0.15, -0.1) is 0 Å². The second-order valence-electron chi connectivity index (χ2n) is 5.32. The van der Waals surface area contributed by atoms with Gasteiger partial charge in [0.2, 0.25) is 5.82 Å². The summed E-state index contributed by atoms with van der Waals surface area (Å²) in [6.45, 7) is 1.60. The number of aryl methyl sites for hydroxylation is 1. The van der Waals surface area contributed by atoms with Crippen LogP contribution in [0.2, 0.25) is 5.02 Å². The van der Waals surface area contributed by atoms with Gasteiger partial charge in [0.05, 0.1) is 4.92 Å². The summed E-state index contributed by atoms with van der Waals surface area (Å²) in [7, 11) is 0. The maximum atomic E-state index is 12.1. The molecule has 0 saturated carbocycles. The highest BCUT2D eigenvalue weighted by atomic mass is 35.5. The molecule has 0 amide bonds. The Bertz CT molecular complexity index is 986. The smallest absolute Gasteiger partial charge is 0.345 e. The summed E-state index contributed by atoms with van der Waals surface area (Å²) >= 11 is 5.72. The molecule has 3 rings (SSSR count). The number of ether oxygens (including phenoxy) is 1. The average Bonchev–Trinajstić information content (AvgIpc) is 3.08. The summed E-state index contributed by atoms with van der Waals surface area (Å²) in [5, 5.41) is 15.0. The van der Waals surface area contributed by atoms with Crippen LogP contribution >= 0.6 is 11.6 Å². The van der Waals surface area contributed by atoms with Crippen LogP contribution in [-0.2, 0) is 11.3 Å². The summed E-state index contributed by atoms with van der Waals surface area (Å²) < 4.78 is 10.1. The number of benzene rings is 2. The molecule has 3 aromatic rings. The van der Waals surface area contributed by atoms with E-state index in [9.17, 15) is 14.9 Å². The molecule has 0 spiro atoms. The Hall–Kier alpha value is -3.26. The van der Waals surface area contributed by atoms with Gasteiger partial charge < -0.3 is 9.26 Å². The number of nitrogens with zero attached hydrogens (tertiary/aromatic N) is 3. The van der Waals surface area contributed by atoms with Gasteiger partial charge in [-0.05, 0) is 24.6 Å². The molecule has 0 bridgehead atoms. The van der Waals surface area contributed by atoms with Gasteiger partial charge in [0.25, 0.3) is 11.6 Å². The van der Waals surface area contributed by atoms with Gasteiger partial charge in [-0.25, -0.2) is 4.79 Å². The van der Waals surface area contributed by atoms with Crippen molar-refractivity contribution in [3.05, 3.63) is 74.6 Å². The molecule has 1 heterocycles. The Kier molecular flexibility index (Phi) is 4.94. The quantitative estimate of drug-likeness (QED) is 0.378. The van der Waals surface area contributed by atoms with Crippen LogP contribution in [-0.4, -0.2) is 21.0 Å². The number of hydrogen-bond donors (Lipinski definition) is 0. The minimum atomic E-state index is -0.885.